The normalized spacial score (nSPS) is 27.9. The molecule has 1 aliphatic rings. The minimum Gasteiger partial charge on any atom is -0.261 e. The lowest BCUT2D eigenvalue weighted by atomic mass is 10.1. The van der Waals surface area contributed by atoms with Crippen molar-refractivity contribution in [3.8, 4) is 0 Å². The van der Waals surface area contributed by atoms with Crippen LogP contribution in [0.2, 0.25) is 0 Å². The summed E-state index contributed by atoms with van der Waals surface area (Å²) in [5.74, 6) is 0. The second kappa shape index (κ2) is 3.93. The molecule has 1 aliphatic carbocycles. The second-order valence-corrected chi connectivity index (χ2v) is 4.35. The van der Waals surface area contributed by atoms with Crippen molar-refractivity contribution >= 4 is 34.7 Å². The van der Waals surface area contributed by atoms with E-state index in [2.05, 4.69) is 0 Å². The van der Waals surface area contributed by atoms with Crippen molar-refractivity contribution in [2.45, 2.75) is 12.1 Å². The molecule has 0 spiro atoms. The van der Waals surface area contributed by atoms with Gasteiger partial charge in [0.2, 0.25) is 0 Å². The van der Waals surface area contributed by atoms with Crippen LogP contribution in [0, 0.1) is 10.1 Å². The van der Waals surface area contributed by atoms with Crippen molar-refractivity contribution in [3.63, 3.8) is 0 Å². The first-order valence-electron chi connectivity index (χ1n) is 3.21. The maximum Gasteiger partial charge on any atom is 0.375 e. The Kier molecular flexibility index (Phi) is 3.30. The predicted molar refractivity (Wildman–Crippen MR) is 53.9 cm³/mol. The van der Waals surface area contributed by atoms with Gasteiger partial charge in [-0.05, 0) is 28.7 Å². The number of rotatable bonds is 2. The van der Waals surface area contributed by atoms with Crippen molar-refractivity contribution in [2.75, 3.05) is 0 Å². The first-order chi connectivity index (χ1) is 5.99. The zero-order valence-corrected chi connectivity index (χ0v) is 9.17. The molecule has 1 unspecified atom stereocenters. The zero-order chi connectivity index (χ0) is 10.1. The van der Waals surface area contributed by atoms with Crippen LogP contribution in [-0.2, 0) is 5.11 Å². The zero-order valence-electron chi connectivity index (χ0n) is 6.20. The largest absolute Gasteiger partial charge is 0.375 e. The van der Waals surface area contributed by atoms with Crippen LogP contribution >= 0.6 is 34.7 Å². The first-order valence-corrected chi connectivity index (χ1v) is 5.00. The summed E-state index contributed by atoms with van der Waals surface area (Å²) >= 11 is 1.73. The SMILES string of the molecule is [O]C1([N+](=O)[O-])C=CC(SF)=C(I)C1. The number of nitro groups is 1. The molecule has 0 saturated heterocycles. The average molecular weight is 316 g/mol. The Bertz CT molecular complexity index is 306. The topological polar surface area (TPSA) is 63.0 Å². The highest BCUT2D eigenvalue weighted by Crippen LogP contribution is 2.37. The first kappa shape index (κ1) is 10.9. The molecule has 0 N–H and O–H groups in total. The summed E-state index contributed by atoms with van der Waals surface area (Å²) < 4.78 is 12.5. The van der Waals surface area contributed by atoms with Gasteiger partial charge < -0.3 is 0 Å². The minimum atomic E-state index is -2.32. The summed E-state index contributed by atoms with van der Waals surface area (Å²) in [7, 11) is 0. The molecule has 1 atom stereocenters. The smallest absolute Gasteiger partial charge is 0.261 e. The van der Waals surface area contributed by atoms with Crippen molar-refractivity contribution in [1.82, 2.24) is 0 Å². The van der Waals surface area contributed by atoms with Gasteiger partial charge in [0.25, 0.3) is 0 Å². The van der Waals surface area contributed by atoms with E-state index in [0.717, 1.165) is 12.2 Å². The summed E-state index contributed by atoms with van der Waals surface area (Å²) in [6.45, 7) is 0. The van der Waals surface area contributed by atoms with Crippen molar-refractivity contribution < 1.29 is 13.9 Å². The van der Waals surface area contributed by atoms with Crippen LogP contribution in [0.5, 0.6) is 0 Å². The van der Waals surface area contributed by atoms with Crippen LogP contribution in [0.25, 0.3) is 0 Å². The van der Waals surface area contributed by atoms with Crippen LogP contribution in [0.4, 0.5) is 3.89 Å². The molecule has 4 nitrogen and oxygen atoms in total. The lowest BCUT2D eigenvalue weighted by Crippen LogP contribution is -2.35. The third kappa shape index (κ3) is 2.20. The van der Waals surface area contributed by atoms with Gasteiger partial charge in [0.05, 0.1) is 28.4 Å². The van der Waals surface area contributed by atoms with E-state index in [0.29, 0.717) is 3.58 Å². The van der Waals surface area contributed by atoms with E-state index in [1.54, 1.807) is 22.6 Å². The van der Waals surface area contributed by atoms with Crippen LogP contribution in [0.3, 0.4) is 0 Å². The van der Waals surface area contributed by atoms with Gasteiger partial charge in [0.15, 0.2) is 0 Å². The van der Waals surface area contributed by atoms with Crippen molar-refractivity contribution in [1.29, 1.82) is 0 Å². The van der Waals surface area contributed by atoms with Crippen molar-refractivity contribution in [3.05, 3.63) is 30.8 Å². The second-order valence-electron chi connectivity index (χ2n) is 2.46. The maximum absolute atomic E-state index is 12.1. The van der Waals surface area contributed by atoms with E-state index in [1.165, 1.54) is 0 Å². The number of hydrogen-bond acceptors (Lipinski definition) is 3. The van der Waals surface area contributed by atoms with Crippen LogP contribution in [-0.4, -0.2) is 10.6 Å². The van der Waals surface area contributed by atoms with E-state index in [9.17, 15) is 19.1 Å². The molecule has 0 heterocycles. The van der Waals surface area contributed by atoms with E-state index in [-0.39, 0.29) is 23.5 Å². The summed E-state index contributed by atoms with van der Waals surface area (Å²) in [5.41, 5.74) is -2.32. The van der Waals surface area contributed by atoms with Gasteiger partial charge in [-0.15, -0.1) is 5.11 Å². The lowest BCUT2D eigenvalue weighted by Gasteiger charge is -2.16. The van der Waals surface area contributed by atoms with Gasteiger partial charge in [-0.25, -0.2) is 0 Å². The maximum atomic E-state index is 12.1. The van der Waals surface area contributed by atoms with Crippen LogP contribution in [0.1, 0.15) is 6.42 Å². The summed E-state index contributed by atoms with van der Waals surface area (Å²) in [6, 6.07) is 0. The van der Waals surface area contributed by atoms with Gasteiger partial charge in [-0.3, -0.25) is 10.1 Å². The molecule has 0 aromatic heterocycles. The van der Waals surface area contributed by atoms with Crippen LogP contribution < -0.4 is 0 Å². The summed E-state index contributed by atoms with van der Waals surface area (Å²) in [5, 5.41) is 21.7. The Morgan fingerprint density at radius 3 is 2.77 bits per heavy atom. The number of hydrogen-bond donors (Lipinski definition) is 0. The number of nitrogens with zero attached hydrogens (tertiary/aromatic N) is 1. The molecular weight excluding hydrogens is 312 g/mol. The Balaban J connectivity index is 2.92. The highest BCUT2D eigenvalue weighted by molar-refractivity contribution is 14.1. The Morgan fingerprint density at radius 2 is 2.38 bits per heavy atom. The molecule has 0 amide bonds. The molecule has 1 radical (unpaired) electrons. The van der Waals surface area contributed by atoms with Crippen LogP contribution in [0.15, 0.2) is 20.6 Å². The van der Waals surface area contributed by atoms with Gasteiger partial charge in [0, 0.05) is 9.66 Å². The lowest BCUT2D eigenvalue weighted by molar-refractivity contribution is -0.619. The average Bonchev–Trinajstić information content (AvgIpc) is 2.04. The molecule has 0 fully saturated rings. The third-order valence-electron chi connectivity index (χ3n) is 1.56. The number of halogens is 2. The van der Waals surface area contributed by atoms with E-state index in [1.807, 2.05) is 0 Å². The molecule has 0 saturated carbocycles. The Hall–Kier alpha value is -0.150. The van der Waals surface area contributed by atoms with Crippen molar-refractivity contribution in [2.24, 2.45) is 0 Å². The molecular formula is C6H4FINO3S. The Labute approximate surface area is 91.5 Å². The van der Waals surface area contributed by atoms with E-state index >= 15 is 0 Å². The predicted octanol–water partition coefficient (Wildman–Crippen LogP) is 2.61. The van der Waals surface area contributed by atoms with Gasteiger partial charge >= 0.3 is 5.72 Å². The fourth-order valence-electron chi connectivity index (χ4n) is 0.858. The quantitative estimate of drug-likeness (QED) is 0.340. The molecule has 0 bridgehead atoms. The monoisotopic (exact) mass is 316 g/mol. The molecule has 13 heavy (non-hydrogen) atoms. The molecule has 7 heteroatoms. The Morgan fingerprint density at radius 1 is 1.77 bits per heavy atom. The molecule has 1 rings (SSSR count). The van der Waals surface area contributed by atoms with Gasteiger partial charge in [0.1, 0.15) is 0 Å². The fourth-order valence-corrected chi connectivity index (χ4v) is 2.11. The highest BCUT2D eigenvalue weighted by Gasteiger charge is 2.42. The highest BCUT2D eigenvalue weighted by atomic mass is 127. The molecule has 0 aromatic rings. The molecule has 0 aromatic carbocycles. The fraction of sp³-hybridized carbons (Fsp3) is 0.333. The summed E-state index contributed by atoms with van der Waals surface area (Å²) in [6.07, 6.45) is 1.76. The van der Waals surface area contributed by atoms with Gasteiger partial charge in [-0.1, -0.05) is 0 Å². The number of allylic oxidation sites excluding steroid dienone is 1. The van der Waals surface area contributed by atoms with E-state index in [4.69, 9.17) is 0 Å². The molecule has 71 valence electrons. The van der Waals surface area contributed by atoms with E-state index < -0.39 is 10.6 Å². The van der Waals surface area contributed by atoms with Gasteiger partial charge in [-0.2, -0.15) is 3.89 Å². The molecule has 0 aliphatic heterocycles. The third-order valence-corrected chi connectivity index (χ3v) is 3.44. The minimum absolute atomic E-state index is 0.00987. The standard InChI is InChI=1S/C6H4FINO3S/c7-13-5-1-2-6(10,9(11)12)3-4(5)8/h1-2H,3H2. The summed E-state index contributed by atoms with van der Waals surface area (Å²) in [4.78, 5) is 9.70.